The van der Waals surface area contributed by atoms with Crippen molar-refractivity contribution >= 4 is 17.9 Å². The van der Waals surface area contributed by atoms with E-state index in [0.717, 1.165) is 70.6 Å². The predicted molar refractivity (Wildman–Crippen MR) is 408 cm³/mol. The van der Waals surface area contributed by atoms with Crippen LogP contribution >= 0.6 is 0 Å². The third-order valence-electron chi connectivity index (χ3n) is 18.8. The van der Waals surface area contributed by atoms with E-state index in [1.165, 1.54) is 315 Å². The third-order valence-corrected chi connectivity index (χ3v) is 18.8. The number of carboxylic acids is 1. The number of carbonyl (C=O) groups is 3. The number of hydrogen-bond acceptors (Lipinski definition) is 8. The minimum Gasteiger partial charge on any atom is -0.545 e. The van der Waals surface area contributed by atoms with Crippen molar-refractivity contribution in [3.8, 4) is 0 Å². The second-order valence-electron chi connectivity index (χ2n) is 29.4. The van der Waals surface area contributed by atoms with E-state index >= 15 is 0 Å². The van der Waals surface area contributed by atoms with Crippen LogP contribution < -0.4 is 5.11 Å². The Kier molecular flexibility index (Phi) is 74.3. The Hall–Kier alpha value is -3.01. The molecule has 0 aromatic heterocycles. The zero-order valence-electron chi connectivity index (χ0n) is 63.8. The second kappa shape index (κ2) is 76.7. The highest BCUT2D eigenvalue weighted by molar-refractivity contribution is 5.70. The molecule has 0 aromatic rings. The highest BCUT2D eigenvalue weighted by Gasteiger charge is 2.22. The number of aliphatic carboxylic acids is 1. The zero-order valence-corrected chi connectivity index (χ0v) is 63.8. The van der Waals surface area contributed by atoms with Gasteiger partial charge in [-0.15, -0.1) is 0 Å². The summed E-state index contributed by atoms with van der Waals surface area (Å²) in [6, 6.07) is 0. The van der Waals surface area contributed by atoms with E-state index < -0.39 is 24.3 Å². The molecule has 556 valence electrons. The lowest BCUT2D eigenvalue weighted by molar-refractivity contribution is -0.870. The highest BCUT2D eigenvalue weighted by atomic mass is 16.7. The predicted octanol–water partition coefficient (Wildman–Crippen LogP) is 25.3. The standard InChI is InChI=1S/C86H159NO8/c1-6-8-10-12-14-16-18-20-22-24-26-28-30-32-34-36-37-38-39-40-41-42-43-44-45-46-47-49-51-53-55-57-59-61-63-65-67-69-71-73-75-77-84(89)95-82(81-94-86(85(90)91)92-79-78-87(3,4)5)80-93-83(88)76-74-72-70-68-66-64-62-60-58-56-54-52-50-48-35-33-31-29-27-25-23-21-19-17-15-13-11-9-7-2/h8,10,14,16,20,22,26,28,32,34,82,86H,6-7,9,11-13,15,17-19,21,23-25,27,29-31,33,35-81H2,1-5H3/b10-8-,16-14-,22-20-,28-26-,34-32-. The molecule has 2 atom stereocenters. The Labute approximate surface area is 590 Å². The number of carboxylic acid groups (broad SMARTS) is 1. The maximum Gasteiger partial charge on any atom is 0.306 e. The molecular formula is C86H159NO8. The molecule has 0 radical (unpaired) electrons. The van der Waals surface area contributed by atoms with E-state index in [4.69, 9.17) is 18.9 Å². The van der Waals surface area contributed by atoms with Crippen molar-refractivity contribution in [3.63, 3.8) is 0 Å². The van der Waals surface area contributed by atoms with Gasteiger partial charge in [0.2, 0.25) is 0 Å². The zero-order chi connectivity index (χ0) is 69.0. The van der Waals surface area contributed by atoms with Gasteiger partial charge in [0, 0.05) is 12.8 Å². The fraction of sp³-hybridized carbons (Fsp3) is 0.849. The van der Waals surface area contributed by atoms with Crippen LogP contribution in [0.4, 0.5) is 0 Å². The fourth-order valence-electron chi connectivity index (χ4n) is 12.5. The van der Waals surface area contributed by atoms with Crippen LogP contribution in [0.1, 0.15) is 412 Å². The number of allylic oxidation sites excluding steroid dienone is 10. The number of hydrogen-bond donors (Lipinski definition) is 0. The molecule has 0 N–H and O–H groups in total. The van der Waals surface area contributed by atoms with Gasteiger partial charge in [-0.1, -0.05) is 402 Å². The first kappa shape index (κ1) is 92.0. The van der Waals surface area contributed by atoms with Crippen LogP contribution in [0, 0.1) is 0 Å². The minimum atomic E-state index is -1.62. The van der Waals surface area contributed by atoms with Crippen LogP contribution in [0.5, 0.6) is 0 Å². The number of esters is 2. The van der Waals surface area contributed by atoms with Gasteiger partial charge in [-0.25, -0.2) is 0 Å². The first-order chi connectivity index (χ1) is 46.6. The summed E-state index contributed by atoms with van der Waals surface area (Å²) in [5.41, 5.74) is 0. The molecule has 0 spiro atoms. The number of likely N-dealkylation sites (N-methyl/N-ethyl adjacent to an activating group) is 1. The van der Waals surface area contributed by atoms with Gasteiger partial charge in [-0.2, -0.15) is 0 Å². The van der Waals surface area contributed by atoms with Crippen molar-refractivity contribution in [2.45, 2.75) is 424 Å². The molecule has 2 unspecified atom stereocenters. The summed E-state index contributed by atoms with van der Waals surface area (Å²) < 4.78 is 22.9. The van der Waals surface area contributed by atoms with Crippen molar-refractivity contribution in [2.24, 2.45) is 0 Å². The molecule has 0 aromatic carbocycles. The third kappa shape index (κ3) is 78.2. The van der Waals surface area contributed by atoms with Crippen LogP contribution in [0.2, 0.25) is 0 Å². The lowest BCUT2D eigenvalue weighted by Crippen LogP contribution is -2.44. The molecule has 95 heavy (non-hydrogen) atoms. The minimum absolute atomic E-state index is 0.151. The molecule has 0 bridgehead atoms. The number of carbonyl (C=O) groups excluding carboxylic acids is 3. The lowest BCUT2D eigenvalue weighted by Gasteiger charge is -2.26. The van der Waals surface area contributed by atoms with Crippen LogP contribution in [0.25, 0.3) is 0 Å². The van der Waals surface area contributed by atoms with Crippen LogP contribution in [0.3, 0.4) is 0 Å². The lowest BCUT2D eigenvalue weighted by atomic mass is 10.0. The van der Waals surface area contributed by atoms with Crippen molar-refractivity contribution in [1.29, 1.82) is 0 Å². The molecule has 0 amide bonds. The second-order valence-corrected chi connectivity index (χ2v) is 29.4. The van der Waals surface area contributed by atoms with E-state index in [2.05, 4.69) is 74.6 Å². The van der Waals surface area contributed by atoms with Crippen molar-refractivity contribution < 1.29 is 42.9 Å². The average Bonchev–Trinajstić information content (AvgIpc) is 3.54. The van der Waals surface area contributed by atoms with Crippen LogP contribution in [-0.4, -0.2) is 82.3 Å². The van der Waals surface area contributed by atoms with E-state index in [9.17, 15) is 19.5 Å². The largest absolute Gasteiger partial charge is 0.545 e. The van der Waals surface area contributed by atoms with Crippen molar-refractivity contribution in [1.82, 2.24) is 0 Å². The first-order valence-corrected chi connectivity index (χ1v) is 41.4. The summed E-state index contributed by atoms with van der Waals surface area (Å²) in [6.45, 7) is 4.72. The maximum absolute atomic E-state index is 13.0. The highest BCUT2D eigenvalue weighted by Crippen LogP contribution is 2.20. The average molecular weight is 1340 g/mol. The van der Waals surface area contributed by atoms with Crippen LogP contribution in [0.15, 0.2) is 60.8 Å². The molecule has 0 saturated heterocycles. The Bertz CT molecular complexity index is 1750. The van der Waals surface area contributed by atoms with Gasteiger partial charge >= 0.3 is 11.9 Å². The topological polar surface area (TPSA) is 111 Å². The molecule has 0 aliphatic carbocycles. The number of nitrogens with zero attached hydrogens (tertiary/aromatic N) is 1. The quantitative estimate of drug-likeness (QED) is 0.0195. The summed E-state index contributed by atoms with van der Waals surface area (Å²) >= 11 is 0. The Morgan fingerprint density at radius 2 is 0.600 bits per heavy atom. The van der Waals surface area contributed by atoms with E-state index in [0.29, 0.717) is 17.4 Å². The van der Waals surface area contributed by atoms with Crippen molar-refractivity contribution in [3.05, 3.63) is 60.8 Å². The van der Waals surface area contributed by atoms with E-state index in [1.54, 1.807) is 0 Å². The monoisotopic (exact) mass is 1330 g/mol. The van der Waals surface area contributed by atoms with Gasteiger partial charge in [0.15, 0.2) is 12.4 Å². The van der Waals surface area contributed by atoms with E-state index in [-0.39, 0.29) is 32.2 Å². The molecule has 0 rings (SSSR count). The summed E-state index contributed by atoms with van der Waals surface area (Å²) in [5.74, 6) is -2.25. The summed E-state index contributed by atoms with van der Waals surface area (Å²) in [7, 11) is 5.95. The number of ether oxygens (including phenoxy) is 4. The smallest absolute Gasteiger partial charge is 0.306 e. The summed E-state index contributed by atoms with van der Waals surface area (Å²) in [4.78, 5) is 37.6. The Morgan fingerprint density at radius 1 is 0.326 bits per heavy atom. The molecule has 0 saturated carbocycles. The van der Waals surface area contributed by atoms with E-state index in [1.807, 2.05) is 21.1 Å². The van der Waals surface area contributed by atoms with Gasteiger partial charge in [0.25, 0.3) is 0 Å². The molecule has 0 aliphatic heterocycles. The normalized spacial score (nSPS) is 12.9. The summed E-state index contributed by atoms with van der Waals surface area (Å²) in [5, 5.41) is 11.9. The molecule has 9 nitrogen and oxygen atoms in total. The number of unbranched alkanes of at least 4 members (excludes halogenated alkanes) is 53. The SMILES string of the molecule is CC/C=C\C/C=C\C/C=C\C/C=C\C/C=C\CCCCCCCCCCCCCCCCCCCCCCCCCCCC(=O)OC(COC(=O)CCCCCCCCCCCCCCCCCCCCCCCCCCCCCCC)COC(OCC[N+](C)(C)C)C(=O)[O-]. The van der Waals surface area contributed by atoms with Gasteiger partial charge in [-0.05, 0) is 57.8 Å². The Balaban J connectivity index is 3.93. The van der Waals surface area contributed by atoms with Gasteiger partial charge in [-0.3, -0.25) is 9.59 Å². The van der Waals surface area contributed by atoms with Gasteiger partial charge in [0.1, 0.15) is 13.2 Å². The van der Waals surface area contributed by atoms with Gasteiger partial charge in [0.05, 0.1) is 40.3 Å². The fourth-order valence-corrected chi connectivity index (χ4v) is 12.5. The molecule has 0 heterocycles. The summed E-state index contributed by atoms with van der Waals surface area (Å²) in [6.07, 6.45) is 99.4. The number of rotatable bonds is 78. The first-order valence-electron chi connectivity index (χ1n) is 41.4. The molecular weight excluding hydrogens is 1170 g/mol. The van der Waals surface area contributed by atoms with Crippen molar-refractivity contribution in [2.75, 3.05) is 47.5 Å². The molecule has 0 fully saturated rings. The molecule has 0 aliphatic rings. The maximum atomic E-state index is 13.0. The Morgan fingerprint density at radius 3 is 0.895 bits per heavy atom. The van der Waals surface area contributed by atoms with Crippen LogP contribution in [-0.2, 0) is 33.3 Å². The van der Waals surface area contributed by atoms with Gasteiger partial charge < -0.3 is 33.3 Å². The number of quaternary nitrogens is 1. The molecule has 9 heteroatoms.